The summed E-state index contributed by atoms with van der Waals surface area (Å²) in [6.07, 6.45) is 0. The third-order valence-electron chi connectivity index (χ3n) is 3.48. The number of methoxy groups -OCH3 is 1. The minimum atomic E-state index is 0.0624. The van der Waals surface area contributed by atoms with Gasteiger partial charge in [-0.2, -0.15) is 0 Å². The van der Waals surface area contributed by atoms with Crippen LogP contribution in [0.5, 0.6) is 5.75 Å². The average Bonchev–Trinajstić information content (AvgIpc) is 2.46. The Morgan fingerprint density at radius 1 is 1.29 bits per heavy atom. The number of hydrogen-bond acceptors (Lipinski definition) is 4. The van der Waals surface area contributed by atoms with Gasteiger partial charge in [-0.25, -0.2) is 0 Å². The van der Waals surface area contributed by atoms with E-state index >= 15 is 0 Å². The molecule has 2 atom stereocenters. The van der Waals surface area contributed by atoms with E-state index in [1.165, 1.54) is 0 Å². The van der Waals surface area contributed by atoms with Gasteiger partial charge in [0, 0.05) is 37.8 Å². The van der Waals surface area contributed by atoms with Gasteiger partial charge in [-0.05, 0) is 32.0 Å². The second kappa shape index (κ2) is 7.43. The van der Waals surface area contributed by atoms with Crippen molar-refractivity contribution in [1.82, 2.24) is 10.2 Å². The molecule has 21 heavy (non-hydrogen) atoms. The molecular formula is C16H24N2O3. The zero-order chi connectivity index (χ0) is 15.2. The van der Waals surface area contributed by atoms with Gasteiger partial charge in [-0.3, -0.25) is 4.79 Å². The van der Waals surface area contributed by atoms with Crippen molar-refractivity contribution < 1.29 is 14.3 Å². The third-order valence-corrected chi connectivity index (χ3v) is 3.48. The van der Waals surface area contributed by atoms with Crippen LogP contribution in [0.3, 0.4) is 0 Å². The molecule has 0 spiro atoms. The van der Waals surface area contributed by atoms with Gasteiger partial charge in [0.05, 0.1) is 6.61 Å². The minimum Gasteiger partial charge on any atom is -0.491 e. The van der Waals surface area contributed by atoms with Crippen molar-refractivity contribution in [2.24, 2.45) is 0 Å². The lowest BCUT2D eigenvalue weighted by molar-refractivity contribution is 0.0673. The summed E-state index contributed by atoms with van der Waals surface area (Å²) in [6.45, 7) is 6.68. The van der Waals surface area contributed by atoms with Crippen LogP contribution in [0.4, 0.5) is 0 Å². The first-order chi connectivity index (χ1) is 10.1. The monoisotopic (exact) mass is 292 g/mol. The highest BCUT2D eigenvalue weighted by atomic mass is 16.5. The van der Waals surface area contributed by atoms with Crippen molar-refractivity contribution in [3.8, 4) is 5.75 Å². The molecule has 5 nitrogen and oxygen atoms in total. The van der Waals surface area contributed by atoms with Gasteiger partial charge in [0.15, 0.2) is 0 Å². The molecule has 1 aliphatic heterocycles. The summed E-state index contributed by atoms with van der Waals surface area (Å²) in [6, 6.07) is 7.98. The second-order valence-corrected chi connectivity index (χ2v) is 5.55. The number of hydrogen-bond donors (Lipinski definition) is 1. The van der Waals surface area contributed by atoms with Crippen molar-refractivity contribution in [3.63, 3.8) is 0 Å². The summed E-state index contributed by atoms with van der Waals surface area (Å²) in [5, 5.41) is 3.43. The number of nitrogens with zero attached hydrogens (tertiary/aromatic N) is 1. The summed E-state index contributed by atoms with van der Waals surface area (Å²) >= 11 is 0. The molecule has 1 fully saturated rings. The van der Waals surface area contributed by atoms with E-state index < -0.39 is 0 Å². The molecule has 1 aromatic carbocycles. The number of carbonyl (C=O) groups excluding carboxylic acids is 1. The normalized spacial score (nSPS) is 22.1. The fraction of sp³-hybridized carbons (Fsp3) is 0.562. The summed E-state index contributed by atoms with van der Waals surface area (Å²) < 4.78 is 10.5. The maximum absolute atomic E-state index is 12.6. The van der Waals surface area contributed by atoms with Crippen LogP contribution in [0.15, 0.2) is 24.3 Å². The SMILES string of the molecule is COCCOc1cccc(C(=O)N2C[C@H](C)N[C@@H](C)C2)c1. The molecule has 116 valence electrons. The molecule has 0 bridgehead atoms. The number of benzene rings is 1. The Hall–Kier alpha value is -1.59. The van der Waals surface area contributed by atoms with Crippen molar-refractivity contribution in [2.75, 3.05) is 33.4 Å². The molecule has 5 heteroatoms. The van der Waals surface area contributed by atoms with Crippen LogP contribution < -0.4 is 10.1 Å². The first kappa shape index (κ1) is 15.8. The first-order valence-corrected chi connectivity index (χ1v) is 7.37. The lowest BCUT2D eigenvalue weighted by Crippen LogP contribution is -2.55. The predicted molar refractivity (Wildman–Crippen MR) is 81.8 cm³/mol. The number of ether oxygens (including phenoxy) is 2. The summed E-state index contributed by atoms with van der Waals surface area (Å²) in [5.41, 5.74) is 0.672. The molecule has 0 radical (unpaired) electrons. The number of rotatable bonds is 5. The van der Waals surface area contributed by atoms with Crippen LogP contribution in [0.2, 0.25) is 0 Å². The fourth-order valence-corrected chi connectivity index (χ4v) is 2.64. The third kappa shape index (κ3) is 4.44. The molecule has 2 rings (SSSR count). The van der Waals surface area contributed by atoms with E-state index in [-0.39, 0.29) is 5.91 Å². The van der Waals surface area contributed by atoms with Crippen LogP contribution >= 0.6 is 0 Å². The first-order valence-electron chi connectivity index (χ1n) is 7.37. The zero-order valence-corrected chi connectivity index (χ0v) is 13.0. The van der Waals surface area contributed by atoms with E-state index in [0.29, 0.717) is 36.6 Å². The molecule has 1 aliphatic rings. The quantitative estimate of drug-likeness (QED) is 0.836. The Kier molecular flexibility index (Phi) is 5.59. The van der Waals surface area contributed by atoms with Gasteiger partial charge < -0.3 is 19.7 Å². The molecule has 0 aliphatic carbocycles. The average molecular weight is 292 g/mol. The molecule has 0 saturated carbocycles. The highest BCUT2D eigenvalue weighted by Gasteiger charge is 2.25. The lowest BCUT2D eigenvalue weighted by atomic mass is 10.1. The molecule has 1 amide bonds. The van der Waals surface area contributed by atoms with Gasteiger partial charge in [-0.1, -0.05) is 6.07 Å². The molecule has 1 saturated heterocycles. The highest BCUT2D eigenvalue weighted by molar-refractivity contribution is 5.94. The van der Waals surface area contributed by atoms with E-state index in [2.05, 4.69) is 19.2 Å². The Labute approximate surface area is 126 Å². The van der Waals surface area contributed by atoms with Gasteiger partial charge in [-0.15, -0.1) is 0 Å². The van der Waals surface area contributed by atoms with Crippen molar-refractivity contribution in [1.29, 1.82) is 0 Å². The smallest absolute Gasteiger partial charge is 0.254 e. The maximum atomic E-state index is 12.6. The van der Waals surface area contributed by atoms with Crippen molar-refractivity contribution in [3.05, 3.63) is 29.8 Å². The van der Waals surface area contributed by atoms with Crippen molar-refractivity contribution >= 4 is 5.91 Å². The van der Waals surface area contributed by atoms with Crippen LogP contribution in [-0.2, 0) is 4.74 Å². The summed E-state index contributed by atoms with van der Waals surface area (Å²) in [4.78, 5) is 14.5. The number of amides is 1. The Balaban J connectivity index is 2.03. The molecule has 0 unspecified atom stereocenters. The molecule has 0 aromatic heterocycles. The Morgan fingerprint density at radius 3 is 2.67 bits per heavy atom. The van der Waals surface area contributed by atoms with Crippen LogP contribution in [0.25, 0.3) is 0 Å². The van der Waals surface area contributed by atoms with Crippen molar-refractivity contribution in [2.45, 2.75) is 25.9 Å². The molecule has 1 aromatic rings. The van der Waals surface area contributed by atoms with Crippen LogP contribution in [0, 0.1) is 0 Å². The number of nitrogens with one attached hydrogen (secondary N) is 1. The minimum absolute atomic E-state index is 0.0624. The lowest BCUT2D eigenvalue weighted by Gasteiger charge is -2.36. The van der Waals surface area contributed by atoms with Crippen LogP contribution in [0.1, 0.15) is 24.2 Å². The van der Waals surface area contributed by atoms with Gasteiger partial charge in [0.2, 0.25) is 0 Å². The standard InChI is InChI=1S/C16H24N2O3/c1-12-10-18(11-13(2)17-12)16(19)14-5-4-6-15(9-14)21-8-7-20-3/h4-6,9,12-13,17H,7-8,10-11H2,1-3H3/t12-,13-/m0/s1. The van der Waals surface area contributed by atoms with E-state index in [1.54, 1.807) is 13.2 Å². The highest BCUT2D eigenvalue weighted by Crippen LogP contribution is 2.16. The second-order valence-electron chi connectivity index (χ2n) is 5.55. The Morgan fingerprint density at radius 2 is 2.00 bits per heavy atom. The summed E-state index contributed by atoms with van der Waals surface area (Å²) in [7, 11) is 1.63. The topological polar surface area (TPSA) is 50.8 Å². The van der Waals surface area contributed by atoms with E-state index in [4.69, 9.17) is 9.47 Å². The number of piperazine rings is 1. The fourth-order valence-electron chi connectivity index (χ4n) is 2.64. The molecular weight excluding hydrogens is 268 g/mol. The van der Waals surface area contributed by atoms with Gasteiger partial charge in [0.1, 0.15) is 12.4 Å². The van der Waals surface area contributed by atoms with E-state index in [9.17, 15) is 4.79 Å². The Bertz CT molecular complexity index is 468. The predicted octanol–water partition coefficient (Wildman–Crippen LogP) is 1.53. The molecule has 1 N–H and O–H groups in total. The van der Waals surface area contributed by atoms with E-state index in [0.717, 1.165) is 13.1 Å². The van der Waals surface area contributed by atoms with E-state index in [1.807, 2.05) is 23.1 Å². The van der Waals surface area contributed by atoms with Gasteiger partial charge in [0.25, 0.3) is 5.91 Å². The van der Waals surface area contributed by atoms with Crippen LogP contribution in [-0.4, -0.2) is 56.3 Å². The summed E-state index contributed by atoms with van der Waals surface area (Å²) in [5.74, 6) is 0.765. The van der Waals surface area contributed by atoms with Gasteiger partial charge >= 0.3 is 0 Å². The maximum Gasteiger partial charge on any atom is 0.254 e. The largest absolute Gasteiger partial charge is 0.491 e. The number of carbonyl (C=O) groups is 1. The zero-order valence-electron chi connectivity index (χ0n) is 13.0. The molecule has 1 heterocycles.